The molecule has 3 heteroatoms. The van der Waals surface area contributed by atoms with Crippen LogP contribution < -0.4 is 5.32 Å². The molecule has 2 unspecified atom stereocenters. The van der Waals surface area contributed by atoms with E-state index in [1.165, 1.54) is 44.9 Å². The largest absolute Gasteiger partial charge is 0.382 e. The highest BCUT2D eigenvalue weighted by molar-refractivity contribution is 5.56. The summed E-state index contributed by atoms with van der Waals surface area (Å²) in [7, 11) is 0. The first-order valence-corrected chi connectivity index (χ1v) is 7.97. The van der Waals surface area contributed by atoms with Crippen molar-refractivity contribution >= 4 is 5.69 Å². The Morgan fingerprint density at radius 3 is 2.62 bits per heavy atom. The molecule has 1 fully saturated rings. The molecule has 0 radical (unpaired) electrons. The topological polar surface area (TPSA) is 59.6 Å². The summed E-state index contributed by atoms with van der Waals surface area (Å²) in [6, 6.07) is 10.1. The molecule has 1 saturated carbocycles. The van der Waals surface area contributed by atoms with Crippen LogP contribution in [0.3, 0.4) is 0 Å². The Kier molecular flexibility index (Phi) is 5.64. The number of anilines is 1. The summed E-state index contributed by atoms with van der Waals surface area (Å²) in [5.41, 5.74) is 1.87. The van der Waals surface area contributed by atoms with Gasteiger partial charge >= 0.3 is 0 Å². The van der Waals surface area contributed by atoms with E-state index >= 15 is 0 Å². The summed E-state index contributed by atoms with van der Waals surface area (Å²) >= 11 is 0. The molecule has 1 aliphatic carbocycles. The lowest BCUT2D eigenvalue weighted by atomic mass is 9.95. The molecule has 3 nitrogen and oxygen atoms in total. The van der Waals surface area contributed by atoms with Crippen molar-refractivity contribution in [2.24, 2.45) is 5.92 Å². The first kappa shape index (κ1) is 15.4. The van der Waals surface area contributed by atoms with Crippen LogP contribution in [-0.4, -0.2) is 6.04 Å². The van der Waals surface area contributed by atoms with Crippen LogP contribution in [0.4, 0.5) is 5.69 Å². The quantitative estimate of drug-likeness (QED) is 0.821. The van der Waals surface area contributed by atoms with Gasteiger partial charge < -0.3 is 5.32 Å². The van der Waals surface area contributed by atoms with Crippen LogP contribution in [0.15, 0.2) is 18.2 Å². The summed E-state index contributed by atoms with van der Waals surface area (Å²) < 4.78 is 0. The van der Waals surface area contributed by atoms with Gasteiger partial charge in [0, 0.05) is 11.7 Å². The lowest BCUT2D eigenvalue weighted by molar-refractivity contribution is 0.422. The minimum absolute atomic E-state index is 0.451. The van der Waals surface area contributed by atoms with E-state index in [1.807, 2.05) is 6.07 Å². The van der Waals surface area contributed by atoms with E-state index < -0.39 is 0 Å². The molecule has 0 amide bonds. The maximum absolute atomic E-state index is 9.09. The van der Waals surface area contributed by atoms with E-state index in [1.54, 1.807) is 12.1 Å². The van der Waals surface area contributed by atoms with Gasteiger partial charge in [0.05, 0.1) is 11.1 Å². The van der Waals surface area contributed by atoms with Gasteiger partial charge in [-0.3, -0.25) is 0 Å². The molecule has 110 valence electrons. The second-order valence-electron chi connectivity index (χ2n) is 5.99. The number of nitrogens with one attached hydrogen (secondary N) is 1. The highest BCUT2D eigenvalue weighted by atomic mass is 14.9. The highest BCUT2D eigenvalue weighted by Crippen LogP contribution is 2.28. The fraction of sp³-hybridized carbons (Fsp3) is 0.556. The number of nitriles is 2. The zero-order chi connectivity index (χ0) is 15.1. The van der Waals surface area contributed by atoms with Gasteiger partial charge in [0.15, 0.2) is 0 Å². The van der Waals surface area contributed by atoms with Crippen molar-refractivity contribution in [2.75, 3.05) is 5.32 Å². The Morgan fingerprint density at radius 2 is 1.90 bits per heavy atom. The Labute approximate surface area is 127 Å². The van der Waals surface area contributed by atoms with Gasteiger partial charge in [-0.25, -0.2) is 0 Å². The molecule has 0 bridgehead atoms. The third kappa shape index (κ3) is 4.23. The van der Waals surface area contributed by atoms with Crippen LogP contribution in [0.5, 0.6) is 0 Å². The SMILES string of the molecule is CCCC1CCCC(Nc2ccc(C#N)c(C#N)c2)CC1. The maximum Gasteiger partial charge on any atom is 0.101 e. The van der Waals surface area contributed by atoms with Gasteiger partial charge in [-0.15, -0.1) is 0 Å². The van der Waals surface area contributed by atoms with Crippen LogP contribution in [0, 0.1) is 28.6 Å². The molecule has 0 saturated heterocycles. The average Bonchev–Trinajstić information content (AvgIpc) is 2.73. The summed E-state index contributed by atoms with van der Waals surface area (Å²) in [4.78, 5) is 0. The van der Waals surface area contributed by atoms with Crippen molar-refractivity contribution in [3.63, 3.8) is 0 Å². The van der Waals surface area contributed by atoms with Crippen LogP contribution in [-0.2, 0) is 0 Å². The van der Waals surface area contributed by atoms with Crippen molar-refractivity contribution in [3.8, 4) is 12.1 Å². The van der Waals surface area contributed by atoms with E-state index in [4.69, 9.17) is 10.5 Å². The number of benzene rings is 1. The zero-order valence-corrected chi connectivity index (χ0v) is 12.7. The molecule has 1 N–H and O–H groups in total. The second-order valence-corrected chi connectivity index (χ2v) is 5.99. The molecule has 0 aromatic heterocycles. The second kappa shape index (κ2) is 7.70. The van der Waals surface area contributed by atoms with Crippen LogP contribution >= 0.6 is 0 Å². The van der Waals surface area contributed by atoms with E-state index in [0.717, 1.165) is 11.6 Å². The van der Waals surface area contributed by atoms with E-state index in [2.05, 4.69) is 24.4 Å². The maximum atomic E-state index is 9.09. The molecule has 0 heterocycles. The highest BCUT2D eigenvalue weighted by Gasteiger charge is 2.18. The Balaban J connectivity index is 1.99. The van der Waals surface area contributed by atoms with E-state index in [-0.39, 0.29) is 0 Å². The van der Waals surface area contributed by atoms with Crippen molar-refractivity contribution < 1.29 is 0 Å². The first-order valence-electron chi connectivity index (χ1n) is 7.97. The minimum Gasteiger partial charge on any atom is -0.382 e. The fourth-order valence-electron chi connectivity index (χ4n) is 3.28. The molecule has 0 spiro atoms. The Hall–Kier alpha value is -2.00. The van der Waals surface area contributed by atoms with Crippen LogP contribution in [0.2, 0.25) is 0 Å². The monoisotopic (exact) mass is 281 g/mol. The molecular formula is C18H23N3. The van der Waals surface area contributed by atoms with E-state index in [0.29, 0.717) is 17.2 Å². The van der Waals surface area contributed by atoms with Crippen LogP contribution in [0.25, 0.3) is 0 Å². The van der Waals surface area contributed by atoms with Gasteiger partial charge in [0.1, 0.15) is 12.1 Å². The number of hydrogen-bond donors (Lipinski definition) is 1. The number of nitrogens with zero attached hydrogens (tertiary/aromatic N) is 2. The fourth-order valence-corrected chi connectivity index (χ4v) is 3.28. The molecule has 1 aromatic carbocycles. The molecule has 2 rings (SSSR count). The Bertz CT molecular complexity index is 551. The normalized spacial score (nSPS) is 21.9. The predicted octanol–water partition coefficient (Wildman–Crippen LogP) is 4.59. The van der Waals surface area contributed by atoms with Gasteiger partial charge in [-0.1, -0.05) is 32.6 Å². The molecule has 0 aliphatic heterocycles. The molecule has 21 heavy (non-hydrogen) atoms. The van der Waals surface area contributed by atoms with Crippen molar-refractivity contribution in [3.05, 3.63) is 29.3 Å². The van der Waals surface area contributed by atoms with Gasteiger partial charge in [-0.2, -0.15) is 10.5 Å². The van der Waals surface area contributed by atoms with E-state index in [9.17, 15) is 0 Å². The lowest BCUT2D eigenvalue weighted by Gasteiger charge is -2.18. The van der Waals surface area contributed by atoms with Crippen molar-refractivity contribution in [1.82, 2.24) is 0 Å². The Morgan fingerprint density at radius 1 is 1.10 bits per heavy atom. The predicted molar refractivity (Wildman–Crippen MR) is 84.8 cm³/mol. The van der Waals surface area contributed by atoms with Gasteiger partial charge in [0.25, 0.3) is 0 Å². The minimum atomic E-state index is 0.451. The summed E-state index contributed by atoms with van der Waals surface area (Å²) in [6.07, 6.45) is 8.96. The van der Waals surface area contributed by atoms with Crippen molar-refractivity contribution in [1.29, 1.82) is 10.5 Å². The third-order valence-corrected chi connectivity index (χ3v) is 4.42. The molecule has 2 atom stereocenters. The third-order valence-electron chi connectivity index (χ3n) is 4.42. The van der Waals surface area contributed by atoms with Crippen molar-refractivity contribution in [2.45, 2.75) is 57.9 Å². The standard InChI is InChI=1S/C18H23N3/c1-2-4-14-5-3-6-17(9-7-14)21-18-10-8-15(12-19)16(11-18)13-20/h8,10-11,14,17,21H,2-7,9H2,1H3. The number of rotatable bonds is 4. The average molecular weight is 281 g/mol. The zero-order valence-electron chi connectivity index (χ0n) is 12.7. The van der Waals surface area contributed by atoms with Gasteiger partial charge in [-0.05, 0) is 43.4 Å². The van der Waals surface area contributed by atoms with Crippen LogP contribution in [0.1, 0.15) is 63.0 Å². The lowest BCUT2D eigenvalue weighted by Crippen LogP contribution is -2.18. The molecule has 1 aromatic rings. The molecule has 1 aliphatic rings. The molecular weight excluding hydrogens is 258 g/mol. The summed E-state index contributed by atoms with van der Waals surface area (Å²) in [6.45, 7) is 2.26. The summed E-state index contributed by atoms with van der Waals surface area (Å²) in [5.74, 6) is 0.887. The number of hydrogen-bond acceptors (Lipinski definition) is 3. The first-order chi connectivity index (χ1) is 10.3. The summed E-state index contributed by atoms with van der Waals surface area (Å²) in [5, 5.41) is 21.6. The van der Waals surface area contributed by atoms with Gasteiger partial charge in [0.2, 0.25) is 0 Å². The smallest absolute Gasteiger partial charge is 0.101 e.